The molecule has 3 nitrogen and oxygen atoms in total. The molecule has 0 aromatic heterocycles. The van der Waals surface area contributed by atoms with Crippen molar-refractivity contribution >= 4 is 27.4 Å². The molecular formula is C26H17N2OS2+. The van der Waals surface area contributed by atoms with E-state index in [9.17, 15) is 9.47 Å². The van der Waals surface area contributed by atoms with E-state index in [2.05, 4.69) is 10.9 Å². The molecule has 4 aromatic rings. The molecule has 0 spiro atoms. The number of nitriles is 1. The zero-order valence-corrected chi connectivity index (χ0v) is 18.1. The Kier molecular flexibility index (Phi) is 6.29. The normalized spacial score (nSPS) is 12.3. The zero-order valence-electron chi connectivity index (χ0n) is 16.4. The molecule has 0 radical (unpaired) electrons. The van der Waals surface area contributed by atoms with E-state index in [0.717, 1.165) is 24.5 Å². The molecule has 0 fully saturated rings. The van der Waals surface area contributed by atoms with Crippen LogP contribution in [0.5, 0.6) is 0 Å². The molecule has 148 valence electrons. The first-order chi connectivity index (χ1) is 15.2. The molecular weight excluding hydrogens is 420 g/mol. The number of nitrogens with zero attached hydrogens (tertiary/aromatic N) is 2. The quantitative estimate of drug-likeness (QED) is 0.269. The molecule has 0 aliphatic carbocycles. The summed E-state index contributed by atoms with van der Waals surface area (Å²) in [5.74, 6) is 0. The average Bonchev–Trinajstić information content (AvgIpc) is 2.85. The largest absolute Gasteiger partial charge is 0.249 e. The molecule has 0 aliphatic rings. The molecule has 4 aromatic carbocycles. The summed E-state index contributed by atoms with van der Waals surface area (Å²) in [5.41, 5.74) is 1.17. The highest BCUT2D eigenvalue weighted by Crippen LogP contribution is 2.36. The second kappa shape index (κ2) is 9.45. The van der Waals surface area contributed by atoms with E-state index < -0.39 is 21.7 Å². The summed E-state index contributed by atoms with van der Waals surface area (Å²) in [6.45, 7) is 7.24. The standard InChI is InChI=1S/C26H17N2OS2/c1-28-21-13-17-23(18-14-21)30(22-15-11-20(19-27)12-16-22)25-9-5-6-10-26(25)31(29)24-7-3-2-4-8-24/h2-18H/q+1. The van der Waals surface area contributed by atoms with Gasteiger partial charge in [0.25, 0.3) is 0 Å². The van der Waals surface area contributed by atoms with Gasteiger partial charge in [0.1, 0.15) is 10.9 Å². The van der Waals surface area contributed by atoms with Crippen LogP contribution in [0.1, 0.15) is 5.56 Å². The molecule has 0 heterocycles. The van der Waals surface area contributed by atoms with Crippen molar-refractivity contribution in [2.75, 3.05) is 0 Å². The summed E-state index contributed by atoms with van der Waals surface area (Å²) in [5, 5.41) is 9.19. The molecule has 31 heavy (non-hydrogen) atoms. The Balaban J connectivity index is 1.89. The molecule has 0 saturated carbocycles. The third kappa shape index (κ3) is 4.44. The SMILES string of the molecule is [C-]#[N+]c1ccc([S+](c2ccc(C#N)cc2)c2ccccc2S(=O)c2ccccc2)cc1. The molecule has 0 aliphatic heterocycles. The first kappa shape index (κ1) is 20.6. The number of hydrogen-bond donors (Lipinski definition) is 0. The molecule has 5 heteroatoms. The van der Waals surface area contributed by atoms with Crippen molar-refractivity contribution in [2.24, 2.45) is 0 Å². The highest BCUT2D eigenvalue weighted by Gasteiger charge is 2.33. The summed E-state index contributed by atoms with van der Waals surface area (Å²) < 4.78 is 13.5. The summed E-state index contributed by atoms with van der Waals surface area (Å²) >= 11 is 0. The fraction of sp³-hybridized carbons (Fsp3) is 0. The Labute approximate surface area is 187 Å². The molecule has 2 unspecified atom stereocenters. The Morgan fingerprint density at radius 3 is 1.97 bits per heavy atom. The lowest BCUT2D eigenvalue weighted by molar-refractivity contribution is 0.681. The highest BCUT2D eigenvalue weighted by atomic mass is 32.2. The van der Waals surface area contributed by atoms with Crippen molar-refractivity contribution in [3.05, 3.63) is 120 Å². The van der Waals surface area contributed by atoms with Crippen molar-refractivity contribution in [1.29, 1.82) is 5.26 Å². The van der Waals surface area contributed by atoms with Crippen molar-refractivity contribution in [2.45, 2.75) is 24.5 Å². The summed E-state index contributed by atoms with van der Waals surface area (Å²) in [4.78, 5) is 8.01. The zero-order chi connectivity index (χ0) is 21.6. The van der Waals surface area contributed by atoms with Crippen LogP contribution in [0.3, 0.4) is 0 Å². The monoisotopic (exact) mass is 437 g/mol. The fourth-order valence-corrected chi connectivity index (χ4v) is 6.82. The van der Waals surface area contributed by atoms with Gasteiger partial charge in [-0.2, -0.15) is 5.26 Å². The van der Waals surface area contributed by atoms with E-state index in [1.165, 1.54) is 0 Å². The van der Waals surface area contributed by atoms with Gasteiger partial charge in [-0.1, -0.05) is 42.5 Å². The molecule has 0 bridgehead atoms. The number of hydrogen-bond acceptors (Lipinski definition) is 2. The van der Waals surface area contributed by atoms with E-state index in [0.29, 0.717) is 11.3 Å². The maximum atomic E-state index is 13.5. The minimum absolute atomic E-state index is 0.546. The van der Waals surface area contributed by atoms with Gasteiger partial charge in [0, 0.05) is 4.90 Å². The predicted molar refractivity (Wildman–Crippen MR) is 124 cm³/mol. The Morgan fingerprint density at radius 2 is 1.35 bits per heavy atom. The summed E-state index contributed by atoms with van der Waals surface area (Å²) in [6.07, 6.45) is 0. The Bertz CT molecular complexity index is 1250. The number of rotatable bonds is 5. The lowest BCUT2D eigenvalue weighted by Crippen LogP contribution is -2.09. The van der Waals surface area contributed by atoms with Gasteiger partial charge in [0.15, 0.2) is 20.4 Å². The van der Waals surface area contributed by atoms with Gasteiger partial charge in [0.2, 0.25) is 0 Å². The third-order valence-electron chi connectivity index (χ3n) is 4.65. The van der Waals surface area contributed by atoms with Crippen LogP contribution in [-0.2, 0) is 21.7 Å². The van der Waals surface area contributed by atoms with Gasteiger partial charge in [-0.3, -0.25) is 0 Å². The Morgan fingerprint density at radius 1 is 0.774 bits per heavy atom. The van der Waals surface area contributed by atoms with E-state index >= 15 is 0 Å². The van der Waals surface area contributed by atoms with Crippen LogP contribution < -0.4 is 0 Å². The first-order valence-electron chi connectivity index (χ1n) is 9.49. The maximum Gasteiger partial charge on any atom is 0.187 e. The highest BCUT2D eigenvalue weighted by molar-refractivity contribution is 7.97. The second-order valence-electron chi connectivity index (χ2n) is 6.58. The van der Waals surface area contributed by atoms with Crippen LogP contribution in [0.2, 0.25) is 0 Å². The van der Waals surface area contributed by atoms with Crippen LogP contribution in [-0.4, -0.2) is 4.21 Å². The first-order valence-corrected chi connectivity index (χ1v) is 11.9. The molecule has 0 N–H and O–H groups in total. The minimum Gasteiger partial charge on any atom is -0.249 e. The van der Waals surface area contributed by atoms with E-state index in [1.54, 1.807) is 12.1 Å². The molecule has 0 amide bonds. The molecule has 4 rings (SSSR count). The van der Waals surface area contributed by atoms with Crippen LogP contribution in [0.4, 0.5) is 5.69 Å². The van der Waals surface area contributed by atoms with Gasteiger partial charge >= 0.3 is 0 Å². The third-order valence-corrected chi connectivity index (χ3v) is 8.51. The van der Waals surface area contributed by atoms with E-state index in [4.69, 9.17) is 6.57 Å². The van der Waals surface area contributed by atoms with Gasteiger partial charge in [0.05, 0.1) is 33.9 Å². The van der Waals surface area contributed by atoms with Crippen LogP contribution in [0, 0.1) is 17.9 Å². The van der Waals surface area contributed by atoms with Crippen LogP contribution in [0.25, 0.3) is 4.85 Å². The Hall–Kier alpha value is -3.64. The lowest BCUT2D eigenvalue weighted by atomic mass is 10.2. The van der Waals surface area contributed by atoms with Gasteiger partial charge in [-0.15, -0.1) is 0 Å². The lowest BCUT2D eigenvalue weighted by Gasteiger charge is -2.12. The summed E-state index contributed by atoms with van der Waals surface area (Å²) in [7, 11) is -1.88. The van der Waals surface area contributed by atoms with Gasteiger partial charge < -0.3 is 0 Å². The topological polar surface area (TPSA) is 45.2 Å². The van der Waals surface area contributed by atoms with Crippen molar-refractivity contribution in [3.63, 3.8) is 0 Å². The van der Waals surface area contributed by atoms with E-state index in [-0.39, 0.29) is 0 Å². The van der Waals surface area contributed by atoms with Crippen LogP contribution in [0.15, 0.2) is 128 Å². The average molecular weight is 438 g/mol. The minimum atomic E-state index is -1.33. The second-order valence-corrected chi connectivity index (χ2v) is 10.0. The summed E-state index contributed by atoms with van der Waals surface area (Å²) in [6, 6.07) is 34.4. The smallest absolute Gasteiger partial charge is 0.187 e. The predicted octanol–water partition coefficient (Wildman–Crippen LogP) is 6.37. The fourth-order valence-electron chi connectivity index (χ4n) is 3.16. The van der Waals surface area contributed by atoms with Crippen molar-refractivity contribution in [1.82, 2.24) is 0 Å². The van der Waals surface area contributed by atoms with Gasteiger partial charge in [-0.25, -0.2) is 9.05 Å². The van der Waals surface area contributed by atoms with Gasteiger partial charge in [-0.05, 0) is 60.7 Å². The van der Waals surface area contributed by atoms with E-state index in [1.807, 2.05) is 91.0 Å². The molecule has 0 saturated heterocycles. The van der Waals surface area contributed by atoms with Crippen LogP contribution >= 0.6 is 0 Å². The molecule has 2 atom stereocenters. The van der Waals surface area contributed by atoms with Crippen molar-refractivity contribution < 1.29 is 4.21 Å². The number of benzene rings is 4. The van der Waals surface area contributed by atoms with Crippen molar-refractivity contribution in [3.8, 4) is 6.07 Å². The maximum absolute atomic E-state index is 13.5.